The maximum absolute atomic E-state index is 12.9. The summed E-state index contributed by atoms with van der Waals surface area (Å²) in [4.78, 5) is 55.6. The van der Waals surface area contributed by atoms with Crippen LogP contribution in [0.1, 0.15) is 47.0 Å². The summed E-state index contributed by atoms with van der Waals surface area (Å²) in [5.41, 5.74) is 2.40. The second-order valence-corrected chi connectivity index (χ2v) is 8.38. The van der Waals surface area contributed by atoms with E-state index in [0.717, 1.165) is 15.4 Å². The third-order valence-electron chi connectivity index (χ3n) is 6.10. The van der Waals surface area contributed by atoms with Gasteiger partial charge in [0, 0.05) is 6.54 Å². The number of rotatable bonds is 9. The van der Waals surface area contributed by atoms with Gasteiger partial charge in [0.05, 0.1) is 48.8 Å². The van der Waals surface area contributed by atoms with Crippen LogP contribution in [0.3, 0.4) is 0 Å². The van der Waals surface area contributed by atoms with Gasteiger partial charge < -0.3 is 4.74 Å². The van der Waals surface area contributed by atoms with Gasteiger partial charge in [0.2, 0.25) is 0 Å². The van der Waals surface area contributed by atoms with E-state index in [1.165, 1.54) is 0 Å². The lowest BCUT2D eigenvalue weighted by Crippen LogP contribution is -2.48. The Labute approximate surface area is 202 Å². The molecule has 0 bridgehead atoms. The lowest BCUT2D eigenvalue weighted by atomic mass is 10.1. The Morgan fingerprint density at radius 3 is 1.40 bits per heavy atom. The normalized spacial score (nSPS) is 14.8. The first-order valence-electron chi connectivity index (χ1n) is 11.3. The van der Waals surface area contributed by atoms with E-state index < -0.39 is 23.6 Å². The number of carbonyl (C=O) groups is 4. The smallest absolute Gasteiger partial charge is 0.262 e. The van der Waals surface area contributed by atoms with Crippen molar-refractivity contribution in [2.45, 2.75) is 6.61 Å². The van der Waals surface area contributed by atoms with E-state index in [9.17, 15) is 19.2 Å². The molecule has 0 radical (unpaired) electrons. The summed E-state index contributed by atoms with van der Waals surface area (Å²) in [7, 11) is 0. The second kappa shape index (κ2) is 9.61. The Morgan fingerprint density at radius 2 is 0.971 bits per heavy atom. The molecule has 3 aromatic rings. The van der Waals surface area contributed by atoms with Crippen LogP contribution >= 0.6 is 0 Å². The lowest BCUT2D eigenvalue weighted by Gasteiger charge is -2.29. The highest BCUT2D eigenvalue weighted by molar-refractivity contribution is 6.22. The molecule has 0 aromatic heterocycles. The molecule has 35 heavy (non-hydrogen) atoms. The Kier molecular flexibility index (Phi) is 6.22. The Morgan fingerprint density at radius 1 is 0.571 bits per heavy atom. The molecule has 0 aliphatic carbocycles. The van der Waals surface area contributed by atoms with Crippen LogP contribution in [0.25, 0.3) is 0 Å². The van der Waals surface area contributed by atoms with Crippen LogP contribution in [-0.2, 0) is 11.3 Å². The molecule has 0 N–H and O–H groups in total. The third-order valence-corrected chi connectivity index (χ3v) is 6.10. The van der Waals surface area contributed by atoms with Crippen molar-refractivity contribution in [1.82, 2.24) is 14.7 Å². The summed E-state index contributed by atoms with van der Waals surface area (Å²) < 4.78 is 5.79. The van der Waals surface area contributed by atoms with Gasteiger partial charge in [0.15, 0.2) is 0 Å². The average molecular weight is 469 g/mol. The second-order valence-electron chi connectivity index (χ2n) is 8.38. The number of imide groups is 2. The van der Waals surface area contributed by atoms with E-state index in [4.69, 9.17) is 4.74 Å². The first-order valence-corrected chi connectivity index (χ1v) is 11.3. The van der Waals surface area contributed by atoms with Gasteiger partial charge in [0.1, 0.15) is 0 Å². The maximum atomic E-state index is 12.9. The minimum absolute atomic E-state index is 0.0750. The lowest BCUT2D eigenvalue weighted by molar-refractivity contribution is 0.0281. The van der Waals surface area contributed by atoms with Crippen molar-refractivity contribution in [3.63, 3.8) is 0 Å². The van der Waals surface area contributed by atoms with Crippen molar-refractivity contribution >= 4 is 23.6 Å². The van der Waals surface area contributed by atoms with E-state index >= 15 is 0 Å². The molecule has 0 atom stereocenters. The molecule has 0 fully saturated rings. The summed E-state index contributed by atoms with van der Waals surface area (Å²) in [6.45, 7) is 0.826. The molecule has 2 heterocycles. The molecule has 8 nitrogen and oxygen atoms in total. The summed E-state index contributed by atoms with van der Waals surface area (Å²) in [6, 6.07) is 23.0. The minimum atomic E-state index is -0.400. The van der Waals surface area contributed by atoms with Gasteiger partial charge in [-0.3, -0.25) is 33.9 Å². The molecule has 2 aliphatic rings. The van der Waals surface area contributed by atoms with Gasteiger partial charge in [-0.1, -0.05) is 54.6 Å². The molecular formula is C27H23N3O5. The zero-order valence-corrected chi connectivity index (χ0v) is 18.9. The first kappa shape index (κ1) is 22.6. The zero-order chi connectivity index (χ0) is 24.4. The monoisotopic (exact) mass is 469 g/mol. The van der Waals surface area contributed by atoms with Crippen LogP contribution in [-0.4, -0.2) is 64.8 Å². The average Bonchev–Trinajstić information content (AvgIpc) is 3.28. The Balaban J connectivity index is 1.31. The number of hydrogen-bond donors (Lipinski definition) is 0. The standard InChI is InChI=1S/C27H23N3O5/c31-24-20-10-4-5-11-21(20)25(32)29(24)17-28(14-15-35-16-19-8-2-1-3-9-19)18-30-26(33)22-12-6-7-13-23(22)27(30)34/h1-13H,14-18H2. The van der Waals surface area contributed by atoms with E-state index in [2.05, 4.69) is 0 Å². The summed E-state index contributed by atoms with van der Waals surface area (Å²) in [6.07, 6.45) is 0. The van der Waals surface area contributed by atoms with Gasteiger partial charge in [-0.05, 0) is 29.8 Å². The van der Waals surface area contributed by atoms with Crippen molar-refractivity contribution in [2.24, 2.45) is 0 Å². The van der Waals surface area contributed by atoms with Crippen LogP contribution < -0.4 is 0 Å². The van der Waals surface area contributed by atoms with Crippen LogP contribution in [0.4, 0.5) is 0 Å². The molecular weight excluding hydrogens is 446 g/mol. The minimum Gasteiger partial charge on any atom is -0.375 e. The largest absolute Gasteiger partial charge is 0.375 e. The fraction of sp³-hybridized carbons (Fsp3) is 0.185. The van der Waals surface area contributed by atoms with Crippen LogP contribution in [0.5, 0.6) is 0 Å². The molecule has 0 unspecified atom stereocenters. The molecule has 4 amide bonds. The van der Waals surface area contributed by atoms with Crippen molar-refractivity contribution in [3.8, 4) is 0 Å². The highest BCUT2D eigenvalue weighted by atomic mass is 16.5. The molecule has 5 rings (SSSR count). The topological polar surface area (TPSA) is 87.2 Å². The molecule has 0 saturated heterocycles. The maximum Gasteiger partial charge on any atom is 0.262 e. The van der Waals surface area contributed by atoms with Crippen molar-refractivity contribution in [1.29, 1.82) is 0 Å². The fourth-order valence-electron chi connectivity index (χ4n) is 4.28. The molecule has 3 aromatic carbocycles. The third kappa shape index (κ3) is 4.37. The number of ether oxygens (including phenoxy) is 1. The number of amides is 4. The molecule has 8 heteroatoms. The van der Waals surface area contributed by atoms with Crippen molar-refractivity contribution in [2.75, 3.05) is 26.5 Å². The molecule has 176 valence electrons. The van der Waals surface area contributed by atoms with E-state index in [-0.39, 0.29) is 19.9 Å². The number of hydrogen-bond acceptors (Lipinski definition) is 6. The van der Waals surface area contributed by atoms with E-state index in [1.807, 2.05) is 30.3 Å². The SMILES string of the molecule is O=C1c2ccccc2C(=O)N1CN(CCOCc1ccccc1)CN1C(=O)c2ccccc2C1=O. The van der Waals surface area contributed by atoms with Gasteiger partial charge in [-0.25, -0.2) is 0 Å². The van der Waals surface area contributed by atoms with Gasteiger partial charge in [0.25, 0.3) is 23.6 Å². The van der Waals surface area contributed by atoms with E-state index in [1.54, 1.807) is 53.4 Å². The summed E-state index contributed by atoms with van der Waals surface area (Å²) >= 11 is 0. The quantitative estimate of drug-likeness (QED) is 0.354. The molecule has 0 saturated carbocycles. The summed E-state index contributed by atoms with van der Waals surface area (Å²) in [5, 5.41) is 0. The number of nitrogens with zero attached hydrogens (tertiary/aromatic N) is 3. The van der Waals surface area contributed by atoms with Crippen LogP contribution in [0.15, 0.2) is 78.9 Å². The van der Waals surface area contributed by atoms with Crippen LogP contribution in [0, 0.1) is 0 Å². The van der Waals surface area contributed by atoms with Gasteiger partial charge in [-0.15, -0.1) is 0 Å². The Hall–Kier alpha value is -4.14. The number of benzene rings is 3. The first-order chi connectivity index (χ1) is 17.0. The van der Waals surface area contributed by atoms with Crippen LogP contribution in [0.2, 0.25) is 0 Å². The summed E-state index contributed by atoms with van der Waals surface area (Å²) in [5.74, 6) is -1.60. The Bertz CT molecular complexity index is 1160. The highest BCUT2D eigenvalue weighted by Gasteiger charge is 2.39. The predicted molar refractivity (Wildman–Crippen MR) is 126 cm³/mol. The predicted octanol–water partition coefficient (Wildman–Crippen LogP) is 3.01. The number of fused-ring (bicyclic) bond motifs is 2. The fourth-order valence-corrected chi connectivity index (χ4v) is 4.28. The van der Waals surface area contributed by atoms with Gasteiger partial charge in [-0.2, -0.15) is 0 Å². The van der Waals surface area contributed by atoms with Gasteiger partial charge >= 0.3 is 0 Å². The number of carbonyl (C=O) groups excluding carboxylic acids is 4. The zero-order valence-electron chi connectivity index (χ0n) is 18.9. The molecule has 0 spiro atoms. The highest BCUT2D eigenvalue weighted by Crippen LogP contribution is 2.25. The van der Waals surface area contributed by atoms with Crippen molar-refractivity contribution < 1.29 is 23.9 Å². The molecule has 2 aliphatic heterocycles. The van der Waals surface area contributed by atoms with E-state index in [0.29, 0.717) is 35.4 Å². The van der Waals surface area contributed by atoms with Crippen molar-refractivity contribution in [3.05, 3.63) is 107 Å².